The molecular weight excluding hydrogens is 376 g/mol. The van der Waals surface area contributed by atoms with Crippen molar-refractivity contribution in [2.24, 2.45) is 0 Å². The number of esters is 1. The average molecular weight is 394 g/mol. The molecule has 0 saturated carbocycles. The second kappa shape index (κ2) is 9.23. The van der Waals surface area contributed by atoms with E-state index in [9.17, 15) is 14.4 Å². The standard InChI is InChI=1S/C21H18N2O6/c1-27-21(26)14-5-2-6-15(11-14)22-19(24)13-29-17-8-3-7-16(12-17)23-20(25)18-9-4-10-28-18/h2-12H,13H2,1H3,(H,22,24)(H,23,25). The molecule has 0 aliphatic heterocycles. The molecule has 3 rings (SSSR count). The van der Waals surface area contributed by atoms with E-state index in [1.54, 1.807) is 54.6 Å². The third-order valence-corrected chi connectivity index (χ3v) is 3.77. The van der Waals surface area contributed by atoms with Gasteiger partial charge in [-0.15, -0.1) is 0 Å². The summed E-state index contributed by atoms with van der Waals surface area (Å²) in [7, 11) is 1.28. The molecule has 3 aromatic rings. The van der Waals surface area contributed by atoms with Gasteiger partial charge in [-0.25, -0.2) is 4.79 Å². The molecule has 0 unspecified atom stereocenters. The lowest BCUT2D eigenvalue weighted by Crippen LogP contribution is -2.20. The summed E-state index contributed by atoms with van der Waals surface area (Å²) in [6.45, 7) is -0.252. The van der Waals surface area contributed by atoms with Gasteiger partial charge in [-0.05, 0) is 42.5 Å². The van der Waals surface area contributed by atoms with E-state index in [1.807, 2.05) is 0 Å². The Balaban J connectivity index is 1.55. The van der Waals surface area contributed by atoms with Crippen molar-refractivity contribution in [1.82, 2.24) is 0 Å². The summed E-state index contributed by atoms with van der Waals surface area (Å²) in [6, 6.07) is 16.2. The molecule has 2 amide bonds. The molecule has 1 aromatic heterocycles. The summed E-state index contributed by atoms with van der Waals surface area (Å²) in [5.74, 6) is -0.705. The van der Waals surface area contributed by atoms with Gasteiger partial charge in [-0.1, -0.05) is 12.1 Å². The van der Waals surface area contributed by atoms with Crippen molar-refractivity contribution in [3.63, 3.8) is 0 Å². The lowest BCUT2D eigenvalue weighted by Gasteiger charge is -2.10. The number of furan rings is 1. The predicted molar refractivity (Wildman–Crippen MR) is 105 cm³/mol. The first-order chi connectivity index (χ1) is 14.0. The van der Waals surface area contributed by atoms with Crippen molar-refractivity contribution >= 4 is 29.2 Å². The van der Waals surface area contributed by atoms with E-state index in [4.69, 9.17) is 9.15 Å². The number of carbonyl (C=O) groups excluding carboxylic acids is 3. The van der Waals surface area contributed by atoms with Gasteiger partial charge in [0.05, 0.1) is 18.9 Å². The van der Waals surface area contributed by atoms with Crippen molar-refractivity contribution in [2.75, 3.05) is 24.4 Å². The van der Waals surface area contributed by atoms with Gasteiger partial charge in [0, 0.05) is 17.4 Å². The molecular formula is C21H18N2O6. The molecule has 0 spiro atoms. The third-order valence-electron chi connectivity index (χ3n) is 3.77. The number of rotatable bonds is 7. The second-order valence-corrected chi connectivity index (χ2v) is 5.87. The number of nitrogens with one attached hydrogen (secondary N) is 2. The van der Waals surface area contributed by atoms with Crippen molar-refractivity contribution in [3.05, 3.63) is 78.3 Å². The topological polar surface area (TPSA) is 107 Å². The summed E-state index contributed by atoms with van der Waals surface area (Å²) < 4.78 is 15.2. The van der Waals surface area contributed by atoms with Gasteiger partial charge in [0.25, 0.3) is 11.8 Å². The van der Waals surface area contributed by atoms with Crippen LogP contribution in [0.1, 0.15) is 20.9 Å². The van der Waals surface area contributed by atoms with Crippen LogP contribution in [0.25, 0.3) is 0 Å². The Morgan fingerprint density at radius 3 is 2.41 bits per heavy atom. The smallest absolute Gasteiger partial charge is 0.337 e. The Hall–Kier alpha value is -4.07. The zero-order valence-corrected chi connectivity index (χ0v) is 15.5. The fourth-order valence-corrected chi connectivity index (χ4v) is 2.45. The minimum atomic E-state index is -0.495. The zero-order chi connectivity index (χ0) is 20.6. The Bertz CT molecular complexity index is 1010. The number of ether oxygens (including phenoxy) is 2. The molecule has 2 aromatic carbocycles. The lowest BCUT2D eigenvalue weighted by molar-refractivity contribution is -0.118. The molecule has 0 aliphatic carbocycles. The summed E-state index contributed by atoms with van der Waals surface area (Å²) in [4.78, 5) is 35.7. The minimum absolute atomic E-state index is 0.185. The molecule has 1 heterocycles. The van der Waals surface area contributed by atoms with Gasteiger partial charge in [0.1, 0.15) is 5.75 Å². The molecule has 0 radical (unpaired) electrons. The fraction of sp³-hybridized carbons (Fsp3) is 0.0952. The SMILES string of the molecule is COC(=O)c1cccc(NC(=O)COc2cccc(NC(=O)c3ccco3)c2)c1. The highest BCUT2D eigenvalue weighted by molar-refractivity contribution is 6.02. The highest BCUT2D eigenvalue weighted by Gasteiger charge is 2.11. The highest BCUT2D eigenvalue weighted by atomic mass is 16.5. The Morgan fingerprint density at radius 2 is 1.69 bits per heavy atom. The molecule has 148 valence electrons. The molecule has 0 bridgehead atoms. The van der Waals surface area contributed by atoms with Crippen molar-refractivity contribution in [2.45, 2.75) is 0 Å². The fourth-order valence-electron chi connectivity index (χ4n) is 2.45. The van der Waals surface area contributed by atoms with Crippen LogP contribution < -0.4 is 15.4 Å². The van der Waals surface area contributed by atoms with Gasteiger partial charge in [0.15, 0.2) is 12.4 Å². The van der Waals surface area contributed by atoms with Gasteiger partial charge in [-0.2, -0.15) is 0 Å². The van der Waals surface area contributed by atoms with E-state index in [2.05, 4.69) is 15.4 Å². The molecule has 0 fully saturated rings. The molecule has 29 heavy (non-hydrogen) atoms. The first-order valence-electron chi connectivity index (χ1n) is 8.61. The average Bonchev–Trinajstić information content (AvgIpc) is 3.27. The molecule has 8 heteroatoms. The second-order valence-electron chi connectivity index (χ2n) is 5.87. The van der Waals surface area contributed by atoms with Gasteiger partial charge in [0.2, 0.25) is 0 Å². The lowest BCUT2D eigenvalue weighted by atomic mass is 10.2. The Labute approximate surface area is 166 Å². The summed E-state index contributed by atoms with van der Waals surface area (Å²) in [5, 5.41) is 5.32. The predicted octanol–water partition coefficient (Wildman–Crippen LogP) is 3.34. The largest absolute Gasteiger partial charge is 0.484 e. The van der Waals surface area contributed by atoms with Crippen LogP contribution in [-0.2, 0) is 9.53 Å². The number of carbonyl (C=O) groups is 3. The molecule has 0 saturated heterocycles. The Kier molecular flexibility index (Phi) is 6.26. The molecule has 0 aliphatic rings. The van der Waals surface area contributed by atoms with Crippen LogP contribution in [-0.4, -0.2) is 31.5 Å². The number of anilines is 2. The molecule has 0 atom stereocenters. The van der Waals surface area contributed by atoms with Crippen LogP contribution in [0.4, 0.5) is 11.4 Å². The van der Waals surface area contributed by atoms with Gasteiger partial charge >= 0.3 is 5.97 Å². The first-order valence-corrected chi connectivity index (χ1v) is 8.61. The quantitative estimate of drug-likeness (QED) is 0.595. The Morgan fingerprint density at radius 1 is 0.931 bits per heavy atom. The monoisotopic (exact) mass is 394 g/mol. The van der Waals surface area contributed by atoms with Crippen LogP contribution in [0, 0.1) is 0 Å². The van der Waals surface area contributed by atoms with E-state index >= 15 is 0 Å². The number of benzene rings is 2. The molecule has 2 N–H and O–H groups in total. The van der Waals surface area contributed by atoms with E-state index in [0.717, 1.165) is 0 Å². The van der Waals surface area contributed by atoms with E-state index in [1.165, 1.54) is 19.4 Å². The maximum Gasteiger partial charge on any atom is 0.337 e. The van der Waals surface area contributed by atoms with Crippen LogP contribution >= 0.6 is 0 Å². The van der Waals surface area contributed by atoms with Crippen LogP contribution in [0.5, 0.6) is 5.75 Å². The van der Waals surface area contributed by atoms with Crippen molar-refractivity contribution in [3.8, 4) is 5.75 Å². The molecule has 8 nitrogen and oxygen atoms in total. The number of hydrogen-bond donors (Lipinski definition) is 2. The highest BCUT2D eigenvalue weighted by Crippen LogP contribution is 2.18. The number of amides is 2. The number of hydrogen-bond acceptors (Lipinski definition) is 6. The van der Waals surface area contributed by atoms with E-state index in [-0.39, 0.29) is 12.4 Å². The van der Waals surface area contributed by atoms with E-state index in [0.29, 0.717) is 22.7 Å². The zero-order valence-electron chi connectivity index (χ0n) is 15.5. The first kappa shape index (κ1) is 19.7. The minimum Gasteiger partial charge on any atom is -0.484 e. The van der Waals surface area contributed by atoms with Gasteiger partial charge in [-0.3, -0.25) is 9.59 Å². The summed E-state index contributed by atoms with van der Waals surface area (Å²) in [6.07, 6.45) is 1.41. The summed E-state index contributed by atoms with van der Waals surface area (Å²) >= 11 is 0. The van der Waals surface area contributed by atoms with Crippen LogP contribution in [0.15, 0.2) is 71.3 Å². The normalized spacial score (nSPS) is 10.1. The summed E-state index contributed by atoms with van der Waals surface area (Å²) in [5.41, 5.74) is 1.27. The van der Waals surface area contributed by atoms with Crippen LogP contribution in [0.3, 0.4) is 0 Å². The maximum absolute atomic E-state index is 12.1. The third kappa shape index (κ3) is 5.46. The van der Waals surface area contributed by atoms with Crippen LogP contribution in [0.2, 0.25) is 0 Å². The number of methoxy groups -OCH3 is 1. The van der Waals surface area contributed by atoms with Gasteiger partial charge < -0.3 is 24.5 Å². The maximum atomic E-state index is 12.1. The van der Waals surface area contributed by atoms with Crippen molar-refractivity contribution in [1.29, 1.82) is 0 Å². The van der Waals surface area contributed by atoms with E-state index < -0.39 is 17.8 Å². The van der Waals surface area contributed by atoms with Crippen molar-refractivity contribution < 1.29 is 28.3 Å².